The van der Waals surface area contributed by atoms with Gasteiger partial charge in [0.1, 0.15) is 18.7 Å². The van der Waals surface area contributed by atoms with E-state index in [9.17, 15) is 8.42 Å². The van der Waals surface area contributed by atoms with Crippen molar-refractivity contribution in [3.05, 3.63) is 57.9 Å². The Labute approximate surface area is 160 Å². The Morgan fingerprint density at radius 1 is 1.12 bits per heavy atom. The van der Waals surface area contributed by atoms with E-state index in [4.69, 9.17) is 23.2 Å². The van der Waals surface area contributed by atoms with Crippen LogP contribution in [0.25, 0.3) is 0 Å². The molecule has 0 unspecified atom stereocenters. The first-order chi connectivity index (χ1) is 12.2. The zero-order valence-corrected chi connectivity index (χ0v) is 16.1. The molecule has 2 aromatic heterocycles. The molecule has 0 radical (unpaired) electrons. The van der Waals surface area contributed by atoms with Crippen molar-refractivity contribution >= 4 is 38.9 Å². The van der Waals surface area contributed by atoms with E-state index >= 15 is 0 Å². The summed E-state index contributed by atoms with van der Waals surface area (Å²) in [4.78, 5) is 12.4. The van der Waals surface area contributed by atoms with Gasteiger partial charge in [-0.2, -0.15) is 8.42 Å². The minimum Gasteiger partial charge on any atom is -0.274 e. The zero-order valence-electron chi connectivity index (χ0n) is 13.8. The van der Waals surface area contributed by atoms with Gasteiger partial charge in [-0.25, -0.2) is 19.6 Å². The van der Waals surface area contributed by atoms with Gasteiger partial charge in [0.2, 0.25) is 0 Å². The van der Waals surface area contributed by atoms with Crippen LogP contribution in [0.1, 0.15) is 17.2 Å². The van der Waals surface area contributed by atoms with Gasteiger partial charge in [-0.1, -0.05) is 29.3 Å². The number of halogens is 2. The molecule has 0 aliphatic heterocycles. The van der Waals surface area contributed by atoms with Gasteiger partial charge >= 0.3 is 0 Å². The van der Waals surface area contributed by atoms with Gasteiger partial charge in [0.05, 0.1) is 15.7 Å². The molecule has 0 aliphatic carbocycles. The SMILES string of the molecule is Cc1cc(C)nc(Cn2cnc(S(=O)(=O)Nc3c(Cl)cccc3Cl)n2)n1. The van der Waals surface area contributed by atoms with Crippen molar-refractivity contribution < 1.29 is 8.42 Å². The summed E-state index contributed by atoms with van der Waals surface area (Å²) in [7, 11) is -4.05. The van der Waals surface area contributed by atoms with Crippen LogP contribution in [0.3, 0.4) is 0 Å². The van der Waals surface area contributed by atoms with Crippen molar-refractivity contribution in [2.75, 3.05) is 4.72 Å². The van der Waals surface area contributed by atoms with Crippen LogP contribution < -0.4 is 4.72 Å². The van der Waals surface area contributed by atoms with Gasteiger partial charge in [-0.05, 0) is 32.0 Å². The Morgan fingerprint density at radius 2 is 1.73 bits per heavy atom. The summed E-state index contributed by atoms with van der Waals surface area (Å²) in [5, 5.41) is 3.92. The first-order valence-corrected chi connectivity index (χ1v) is 9.66. The lowest BCUT2D eigenvalue weighted by Gasteiger charge is -2.08. The molecule has 2 heterocycles. The summed E-state index contributed by atoms with van der Waals surface area (Å²) in [6, 6.07) is 6.50. The van der Waals surface area contributed by atoms with Crippen LogP contribution in [0.15, 0.2) is 35.7 Å². The molecule has 0 atom stereocenters. The van der Waals surface area contributed by atoms with Crippen LogP contribution in [-0.4, -0.2) is 33.2 Å². The standard InChI is InChI=1S/C15H14Cl2N6O2S/c1-9-6-10(2)20-13(19-9)7-23-8-18-15(21-23)26(24,25)22-14-11(16)4-3-5-12(14)17/h3-6,8,22H,7H2,1-2H3. The van der Waals surface area contributed by atoms with Gasteiger partial charge in [0.25, 0.3) is 15.2 Å². The molecule has 0 fully saturated rings. The highest BCUT2D eigenvalue weighted by molar-refractivity contribution is 7.92. The molecule has 136 valence electrons. The van der Waals surface area contributed by atoms with E-state index in [1.807, 2.05) is 19.9 Å². The Hall–Kier alpha value is -2.23. The second-order valence-electron chi connectivity index (χ2n) is 5.49. The fourth-order valence-electron chi connectivity index (χ4n) is 2.27. The van der Waals surface area contributed by atoms with E-state index in [1.54, 1.807) is 6.07 Å². The van der Waals surface area contributed by atoms with E-state index in [0.29, 0.717) is 5.82 Å². The van der Waals surface area contributed by atoms with Crippen molar-refractivity contribution in [2.45, 2.75) is 25.5 Å². The molecule has 0 saturated heterocycles. The highest BCUT2D eigenvalue weighted by Crippen LogP contribution is 2.31. The first-order valence-electron chi connectivity index (χ1n) is 7.42. The smallest absolute Gasteiger partial charge is 0.274 e. The Kier molecular flexibility index (Phi) is 5.12. The quantitative estimate of drug-likeness (QED) is 0.690. The van der Waals surface area contributed by atoms with E-state index in [-0.39, 0.29) is 22.3 Å². The molecule has 8 nitrogen and oxygen atoms in total. The minimum absolute atomic E-state index is 0.0739. The average molecular weight is 413 g/mol. The average Bonchev–Trinajstić information content (AvgIpc) is 2.99. The van der Waals surface area contributed by atoms with Gasteiger partial charge in [0, 0.05) is 11.4 Å². The van der Waals surface area contributed by atoms with Crippen molar-refractivity contribution in [3.8, 4) is 0 Å². The third-order valence-corrected chi connectivity index (χ3v) is 5.06. The zero-order chi connectivity index (χ0) is 18.9. The van der Waals surface area contributed by atoms with Gasteiger partial charge in [-0.15, -0.1) is 5.10 Å². The number of nitrogens with one attached hydrogen (secondary N) is 1. The summed E-state index contributed by atoms with van der Waals surface area (Å²) >= 11 is 12.0. The molecule has 0 saturated carbocycles. The Morgan fingerprint density at radius 3 is 2.35 bits per heavy atom. The summed E-state index contributed by atoms with van der Waals surface area (Å²) in [5.74, 6) is 0.512. The summed E-state index contributed by atoms with van der Waals surface area (Å²) in [6.45, 7) is 3.90. The Balaban J connectivity index is 1.84. The fraction of sp³-hybridized carbons (Fsp3) is 0.200. The summed E-state index contributed by atoms with van der Waals surface area (Å²) < 4.78 is 28.6. The third-order valence-electron chi connectivity index (χ3n) is 3.29. The van der Waals surface area contributed by atoms with Crippen molar-refractivity contribution in [2.24, 2.45) is 0 Å². The number of anilines is 1. The minimum atomic E-state index is -4.05. The van der Waals surface area contributed by atoms with Crippen LogP contribution in [0.4, 0.5) is 5.69 Å². The molecular formula is C15H14Cl2N6O2S. The number of sulfonamides is 1. The predicted octanol–water partition coefficient (Wildman–Crippen LogP) is 2.84. The molecule has 26 heavy (non-hydrogen) atoms. The van der Waals surface area contributed by atoms with Gasteiger partial charge < -0.3 is 0 Å². The lowest BCUT2D eigenvalue weighted by atomic mass is 10.3. The lowest BCUT2D eigenvalue weighted by molar-refractivity contribution is 0.582. The van der Waals surface area contributed by atoms with Crippen LogP contribution in [-0.2, 0) is 16.6 Å². The van der Waals surface area contributed by atoms with Gasteiger partial charge in [-0.3, -0.25) is 4.72 Å². The number of hydrogen-bond acceptors (Lipinski definition) is 6. The highest BCUT2D eigenvalue weighted by atomic mass is 35.5. The molecule has 1 aromatic carbocycles. The van der Waals surface area contributed by atoms with Gasteiger partial charge in [0.15, 0.2) is 0 Å². The monoisotopic (exact) mass is 412 g/mol. The van der Waals surface area contributed by atoms with Crippen molar-refractivity contribution in [3.63, 3.8) is 0 Å². The second-order valence-corrected chi connectivity index (χ2v) is 7.88. The van der Waals surface area contributed by atoms with Crippen LogP contribution in [0.2, 0.25) is 10.0 Å². The van der Waals surface area contributed by atoms with E-state index in [0.717, 1.165) is 11.4 Å². The largest absolute Gasteiger partial charge is 0.299 e. The number of hydrogen-bond donors (Lipinski definition) is 1. The maximum Gasteiger partial charge on any atom is 0.299 e. The molecular weight excluding hydrogens is 399 g/mol. The molecule has 11 heteroatoms. The molecule has 3 aromatic rings. The fourth-order valence-corrected chi connectivity index (χ4v) is 3.85. The topological polar surface area (TPSA) is 103 Å². The van der Waals surface area contributed by atoms with E-state index in [1.165, 1.54) is 23.1 Å². The predicted molar refractivity (Wildman–Crippen MR) is 97.9 cm³/mol. The van der Waals surface area contributed by atoms with Crippen LogP contribution >= 0.6 is 23.2 Å². The van der Waals surface area contributed by atoms with Crippen LogP contribution in [0.5, 0.6) is 0 Å². The molecule has 0 amide bonds. The normalized spacial score (nSPS) is 11.5. The molecule has 0 bridgehead atoms. The molecule has 0 aliphatic rings. The van der Waals surface area contributed by atoms with Crippen LogP contribution in [0, 0.1) is 13.8 Å². The maximum absolute atomic E-state index is 12.5. The maximum atomic E-state index is 12.5. The van der Waals surface area contributed by atoms with Crippen molar-refractivity contribution in [1.29, 1.82) is 0 Å². The second kappa shape index (κ2) is 7.18. The van der Waals surface area contributed by atoms with E-state index in [2.05, 4.69) is 24.8 Å². The summed E-state index contributed by atoms with van der Waals surface area (Å²) in [5.41, 5.74) is 1.70. The summed E-state index contributed by atoms with van der Waals surface area (Å²) in [6.07, 6.45) is 1.30. The van der Waals surface area contributed by atoms with Crippen molar-refractivity contribution in [1.82, 2.24) is 24.7 Å². The number of para-hydroxylation sites is 1. The van der Waals surface area contributed by atoms with E-state index < -0.39 is 15.2 Å². The molecule has 1 N–H and O–H groups in total. The number of aromatic nitrogens is 5. The lowest BCUT2D eigenvalue weighted by Crippen LogP contribution is -2.16. The molecule has 3 rings (SSSR count). The number of nitrogens with zero attached hydrogens (tertiary/aromatic N) is 5. The molecule has 0 spiro atoms. The first kappa shape index (κ1) is 18.6. The highest BCUT2D eigenvalue weighted by Gasteiger charge is 2.22. The third kappa shape index (κ3) is 4.12. The number of benzene rings is 1. The number of rotatable bonds is 5. The Bertz CT molecular complexity index is 1030. The number of aryl methyl sites for hydroxylation is 2.